The van der Waals surface area contributed by atoms with E-state index in [4.69, 9.17) is 4.98 Å². The number of fused-ring (bicyclic) bond motifs is 4. The van der Waals surface area contributed by atoms with Crippen LogP contribution in [0.3, 0.4) is 0 Å². The van der Waals surface area contributed by atoms with Crippen molar-refractivity contribution in [2.24, 2.45) is 0 Å². The zero-order chi connectivity index (χ0) is 20.0. The summed E-state index contributed by atoms with van der Waals surface area (Å²) in [6.07, 6.45) is 6.15. The fraction of sp³-hybridized carbons (Fsp3) is 0.273. The molecule has 7 nitrogen and oxygen atoms in total. The third-order valence-electron chi connectivity index (χ3n) is 5.49. The number of pyridine rings is 3. The minimum absolute atomic E-state index is 0.113. The van der Waals surface area contributed by atoms with Crippen molar-refractivity contribution in [3.05, 3.63) is 60.2 Å². The van der Waals surface area contributed by atoms with E-state index in [0.717, 1.165) is 47.7 Å². The molecule has 5 heterocycles. The van der Waals surface area contributed by atoms with Crippen molar-refractivity contribution in [1.82, 2.24) is 15.0 Å². The van der Waals surface area contributed by atoms with E-state index in [2.05, 4.69) is 26.3 Å². The maximum atomic E-state index is 13.2. The molecule has 0 radical (unpaired) electrons. The quantitative estimate of drug-likeness (QED) is 0.725. The summed E-state index contributed by atoms with van der Waals surface area (Å²) in [4.78, 5) is 30.7. The average molecular weight is 386 g/mol. The van der Waals surface area contributed by atoms with E-state index in [9.17, 15) is 4.79 Å². The molecule has 1 unspecified atom stereocenters. The van der Waals surface area contributed by atoms with Crippen LogP contribution in [-0.4, -0.2) is 40.1 Å². The molecule has 2 bridgehead atoms. The Labute approximate surface area is 169 Å². The molecule has 1 saturated heterocycles. The first-order chi connectivity index (χ1) is 14.1. The van der Waals surface area contributed by atoms with Crippen molar-refractivity contribution < 1.29 is 4.79 Å². The first-order valence-corrected chi connectivity index (χ1v) is 9.79. The van der Waals surface area contributed by atoms with Gasteiger partial charge in [-0.05, 0) is 56.2 Å². The van der Waals surface area contributed by atoms with Gasteiger partial charge in [-0.3, -0.25) is 14.9 Å². The van der Waals surface area contributed by atoms with E-state index >= 15 is 0 Å². The molecule has 0 spiro atoms. The van der Waals surface area contributed by atoms with Crippen LogP contribution in [-0.2, 0) is 0 Å². The first-order valence-electron chi connectivity index (χ1n) is 9.79. The van der Waals surface area contributed by atoms with Gasteiger partial charge < -0.3 is 10.2 Å². The largest absolute Gasteiger partial charge is 0.366 e. The summed E-state index contributed by atoms with van der Waals surface area (Å²) in [6.45, 7) is 5.69. The molecule has 3 aromatic heterocycles. The highest BCUT2D eigenvalue weighted by atomic mass is 16.2. The molecule has 29 heavy (non-hydrogen) atoms. The lowest BCUT2D eigenvalue weighted by Gasteiger charge is -2.36. The monoisotopic (exact) mass is 386 g/mol. The second-order valence-corrected chi connectivity index (χ2v) is 7.66. The number of aryl methyl sites for hydroxylation is 2. The zero-order valence-electron chi connectivity index (χ0n) is 16.5. The van der Waals surface area contributed by atoms with Crippen LogP contribution in [0.4, 0.5) is 22.0 Å². The lowest BCUT2D eigenvalue weighted by Crippen LogP contribution is -2.48. The van der Waals surface area contributed by atoms with E-state index in [-0.39, 0.29) is 12.1 Å². The van der Waals surface area contributed by atoms with Gasteiger partial charge in [0.1, 0.15) is 0 Å². The molecule has 7 heteroatoms. The first kappa shape index (κ1) is 17.6. The van der Waals surface area contributed by atoms with E-state index in [0.29, 0.717) is 11.5 Å². The number of nitrogens with zero attached hydrogens (tertiary/aromatic N) is 5. The minimum Gasteiger partial charge on any atom is -0.366 e. The Balaban J connectivity index is 1.53. The van der Waals surface area contributed by atoms with E-state index < -0.39 is 0 Å². The Bertz CT molecular complexity index is 1100. The molecular formula is C22H22N6O. The predicted molar refractivity (Wildman–Crippen MR) is 113 cm³/mol. The number of aromatic nitrogens is 3. The van der Waals surface area contributed by atoms with Crippen molar-refractivity contribution in [1.29, 1.82) is 0 Å². The molecular weight excluding hydrogens is 364 g/mol. The molecule has 5 rings (SSSR count). The molecule has 1 atom stereocenters. The summed E-state index contributed by atoms with van der Waals surface area (Å²) in [7, 11) is 0. The van der Waals surface area contributed by atoms with Crippen molar-refractivity contribution >= 4 is 23.2 Å². The van der Waals surface area contributed by atoms with Crippen molar-refractivity contribution in [3.63, 3.8) is 0 Å². The average Bonchev–Trinajstić information content (AvgIpc) is 3.12. The fourth-order valence-corrected chi connectivity index (χ4v) is 4.14. The fourth-order valence-electron chi connectivity index (χ4n) is 4.14. The van der Waals surface area contributed by atoms with Crippen molar-refractivity contribution in [2.75, 3.05) is 28.2 Å². The van der Waals surface area contributed by atoms with Gasteiger partial charge in [-0.25, -0.2) is 9.78 Å². The molecule has 2 aliphatic rings. The van der Waals surface area contributed by atoms with E-state index in [1.54, 1.807) is 18.6 Å². The van der Waals surface area contributed by atoms with Crippen LogP contribution in [0.2, 0.25) is 0 Å². The second kappa shape index (κ2) is 6.84. The maximum Gasteiger partial charge on any atom is 0.327 e. The van der Waals surface area contributed by atoms with Gasteiger partial charge in [-0.15, -0.1) is 0 Å². The summed E-state index contributed by atoms with van der Waals surface area (Å²) in [5, 5.41) is 3.00. The predicted octanol–water partition coefficient (Wildman–Crippen LogP) is 3.79. The van der Waals surface area contributed by atoms with Gasteiger partial charge in [0.25, 0.3) is 0 Å². The summed E-state index contributed by atoms with van der Waals surface area (Å²) in [6, 6.07) is 9.91. The Hall–Kier alpha value is -3.48. The Morgan fingerprint density at radius 3 is 2.90 bits per heavy atom. The normalized spacial score (nSPS) is 17.2. The molecule has 3 aromatic rings. The van der Waals surface area contributed by atoms with Gasteiger partial charge in [0, 0.05) is 36.7 Å². The number of carbonyl (C=O) groups excluding carboxylic acids is 1. The number of hydrogen-bond donors (Lipinski definition) is 1. The summed E-state index contributed by atoms with van der Waals surface area (Å²) in [5.41, 5.74) is 5.47. The number of nitrogens with one attached hydrogen (secondary N) is 1. The Kier molecular flexibility index (Phi) is 4.16. The molecule has 0 aliphatic carbocycles. The molecule has 1 N–H and O–H groups in total. The molecule has 1 fully saturated rings. The highest BCUT2D eigenvalue weighted by molar-refractivity contribution is 6.04. The van der Waals surface area contributed by atoms with Gasteiger partial charge >= 0.3 is 6.03 Å². The number of anilines is 3. The van der Waals surface area contributed by atoms with Crippen molar-refractivity contribution in [3.8, 4) is 11.3 Å². The lowest BCUT2D eigenvalue weighted by atomic mass is 10.1. The highest BCUT2D eigenvalue weighted by Gasteiger charge is 2.40. The number of rotatable bonds is 2. The third kappa shape index (κ3) is 3.18. The van der Waals surface area contributed by atoms with Crippen LogP contribution in [0.5, 0.6) is 0 Å². The van der Waals surface area contributed by atoms with Gasteiger partial charge in [0.2, 0.25) is 0 Å². The third-order valence-corrected chi connectivity index (χ3v) is 5.49. The maximum absolute atomic E-state index is 13.2. The highest BCUT2D eigenvalue weighted by Crippen LogP contribution is 2.40. The second-order valence-electron chi connectivity index (χ2n) is 7.66. The lowest BCUT2D eigenvalue weighted by molar-refractivity contribution is 0.255. The number of hydrogen-bond acceptors (Lipinski definition) is 5. The van der Waals surface area contributed by atoms with Gasteiger partial charge in [0.05, 0.1) is 29.3 Å². The standard InChI is InChI=1S/C22H22N6O/c1-14-9-17(12-23-11-14)25-22(29)28-18-6-8-27(13-18)20-4-3-19(26-21(20)28)16-5-7-24-15(2)10-16/h3-5,7,9-12,18H,6,8,13H2,1-2H3,(H,25,29). The zero-order valence-corrected chi connectivity index (χ0v) is 16.5. The van der Waals surface area contributed by atoms with Crippen LogP contribution in [0.1, 0.15) is 17.7 Å². The molecule has 2 aliphatic heterocycles. The van der Waals surface area contributed by atoms with Gasteiger partial charge in [-0.2, -0.15) is 0 Å². The Morgan fingerprint density at radius 2 is 2.07 bits per heavy atom. The van der Waals surface area contributed by atoms with E-state index in [1.807, 2.05) is 43.0 Å². The van der Waals surface area contributed by atoms with Gasteiger partial charge in [0.15, 0.2) is 5.82 Å². The van der Waals surface area contributed by atoms with Gasteiger partial charge in [-0.1, -0.05) is 0 Å². The summed E-state index contributed by atoms with van der Waals surface area (Å²) in [5.74, 6) is 0.712. The Morgan fingerprint density at radius 1 is 1.17 bits per heavy atom. The smallest absolute Gasteiger partial charge is 0.327 e. The van der Waals surface area contributed by atoms with Crippen molar-refractivity contribution in [2.45, 2.75) is 26.3 Å². The van der Waals surface area contributed by atoms with Crippen LogP contribution in [0, 0.1) is 13.8 Å². The number of urea groups is 1. The molecule has 0 saturated carbocycles. The SMILES string of the molecule is Cc1cncc(NC(=O)N2c3nc(-c4ccnc(C)c4)ccc3N3CCC2C3)c1. The van der Waals surface area contributed by atoms with Crippen LogP contribution in [0.15, 0.2) is 48.9 Å². The molecule has 0 aromatic carbocycles. The van der Waals surface area contributed by atoms with Crippen LogP contribution in [0.25, 0.3) is 11.3 Å². The van der Waals surface area contributed by atoms with Crippen LogP contribution >= 0.6 is 0 Å². The topological polar surface area (TPSA) is 74.2 Å². The number of amides is 2. The van der Waals surface area contributed by atoms with Crippen LogP contribution < -0.4 is 15.1 Å². The van der Waals surface area contributed by atoms with E-state index in [1.165, 1.54) is 0 Å². The summed E-state index contributed by atoms with van der Waals surface area (Å²) < 4.78 is 0. The summed E-state index contributed by atoms with van der Waals surface area (Å²) >= 11 is 0. The molecule has 146 valence electrons. The molecule has 2 amide bonds. The minimum atomic E-state index is -0.166. The number of carbonyl (C=O) groups is 1.